The van der Waals surface area contributed by atoms with E-state index in [4.69, 9.17) is 0 Å². The van der Waals surface area contributed by atoms with E-state index in [1.165, 1.54) is 12.5 Å². The first-order valence-corrected chi connectivity index (χ1v) is 10.2. The number of carbonyl (C=O) groups excluding carboxylic acids is 3. The van der Waals surface area contributed by atoms with Crippen molar-refractivity contribution in [2.24, 2.45) is 0 Å². The Balaban J connectivity index is 1.45. The Labute approximate surface area is 177 Å². The standard InChI is InChI=1S/C23H28N4O3/c1-17(22(29)25-21-10-6-9-20(15-21)18(2)28)24-23(30)27-13-11-26(12-14-27)16-19-7-4-3-5-8-19/h3-10,15,17H,11-14,16H2,1-2H3,(H,24,30)(H,25,29)/t17-/m0/s1. The van der Waals surface area contributed by atoms with Gasteiger partial charge in [-0.15, -0.1) is 0 Å². The van der Waals surface area contributed by atoms with Crippen LogP contribution >= 0.6 is 0 Å². The molecule has 3 rings (SSSR count). The van der Waals surface area contributed by atoms with Crippen molar-refractivity contribution >= 4 is 23.4 Å². The maximum absolute atomic E-state index is 12.5. The van der Waals surface area contributed by atoms with Crippen LogP contribution in [0.15, 0.2) is 54.6 Å². The molecule has 2 aromatic carbocycles. The Kier molecular flexibility index (Phi) is 7.19. The number of urea groups is 1. The van der Waals surface area contributed by atoms with Crippen molar-refractivity contribution in [1.82, 2.24) is 15.1 Å². The van der Waals surface area contributed by atoms with Crippen LogP contribution < -0.4 is 10.6 Å². The van der Waals surface area contributed by atoms with Crippen LogP contribution in [-0.2, 0) is 11.3 Å². The summed E-state index contributed by atoms with van der Waals surface area (Å²) < 4.78 is 0. The lowest BCUT2D eigenvalue weighted by Gasteiger charge is -2.35. The van der Waals surface area contributed by atoms with Crippen LogP contribution in [0.1, 0.15) is 29.8 Å². The molecule has 158 valence electrons. The fourth-order valence-corrected chi connectivity index (χ4v) is 3.36. The van der Waals surface area contributed by atoms with Gasteiger partial charge in [0.25, 0.3) is 0 Å². The monoisotopic (exact) mass is 408 g/mol. The Morgan fingerprint density at radius 1 is 0.967 bits per heavy atom. The van der Waals surface area contributed by atoms with Crippen LogP contribution in [0.4, 0.5) is 10.5 Å². The number of hydrogen-bond donors (Lipinski definition) is 2. The highest BCUT2D eigenvalue weighted by Gasteiger charge is 2.24. The number of piperazine rings is 1. The van der Waals surface area contributed by atoms with E-state index in [1.54, 1.807) is 36.1 Å². The van der Waals surface area contributed by atoms with E-state index in [1.807, 2.05) is 18.2 Å². The van der Waals surface area contributed by atoms with Crippen molar-refractivity contribution in [3.8, 4) is 0 Å². The number of Topliss-reactive ketones (excluding diaryl/α,β-unsaturated/α-hetero) is 1. The van der Waals surface area contributed by atoms with Crippen molar-refractivity contribution in [2.45, 2.75) is 26.4 Å². The molecule has 1 aliphatic heterocycles. The summed E-state index contributed by atoms with van der Waals surface area (Å²) in [4.78, 5) is 40.5. The fraction of sp³-hybridized carbons (Fsp3) is 0.348. The maximum atomic E-state index is 12.5. The van der Waals surface area contributed by atoms with Crippen molar-refractivity contribution < 1.29 is 14.4 Å². The molecule has 0 aliphatic carbocycles. The molecule has 1 saturated heterocycles. The predicted molar refractivity (Wildman–Crippen MR) is 116 cm³/mol. The molecule has 3 amide bonds. The molecule has 30 heavy (non-hydrogen) atoms. The van der Waals surface area contributed by atoms with Crippen molar-refractivity contribution in [1.29, 1.82) is 0 Å². The van der Waals surface area contributed by atoms with E-state index in [0.29, 0.717) is 24.3 Å². The summed E-state index contributed by atoms with van der Waals surface area (Å²) in [7, 11) is 0. The molecule has 0 spiro atoms. The minimum atomic E-state index is -0.694. The van der Waals surface area contributed by atoms with Crippen LogP contribution in [0, 0.1) is 0 Å². The molecule has 2 aromatic rings. The van der Waals surface area contributed by atoms with E-state index in [9.17, 15) is 14.4 Å². The molecule has 1 atom stereocenters. The molecule has 0 radical (unpaired) electrons. The van der Waals surface area contributed by atoms with Gasteiger partial charge in [-0.3, -0.25) is 14.5 Å². The van der Waals surface area contributed by atoms with Crippen LogP contribution in [0.25, 0.3) is 0 Å². The second-order valence-corrected chi connectivity index (χ2v) is 7.55. The number of anilines is 1. The van der Waals surface area contributed by atoms with Gasteiger partial charge in [0.2, 0.25) is 5.91 Å². The zero-order chi connectivity index (χ0) is 21.5. The molecule has 0 unspecified atom stereocenters. The Morgan fingerprint density at radius 2 is 1.67 bits per heavy atom. The lowest BCUT2D eigenvalue weighted by Crippen LogP contribution is -2.54. The third-order valence-corrected chi connectivity index (χ3v) is 5.18. The summed E-state index contributed by atoms with van der Waals surface area (Å²) in [6.07, 6.45) is 0. The molecular weight excluding hydrogens is 380 g/mol. The fourth-order valence-electron chi connectivity index (χ4n) is 3.36. The van der Waals surface area contributed by atoms with Crippen molar-refractivity contribution in [3.05, 3.63) is 65.7 Å². The minimum Gasteiger partial charge on any atom is -0.326 e. The summed E-state index contributed by atoms with van der Waals surface area (Å²) in [5, 5.41) is 5.51. The van der Waals surface area contributed by atoms with Crippen LogP contribution in [-0.4, -0.2) is 59.7 Å². The number of nitrogens with one attached hydrogen (secondary N) is 2. The highest BCUT2D eigenvalue weighted by molar-refractivity contribution is 5.99. The summed E-state index contributed by atoms with van der Waals surface area (Å²) >= 11 is 0. The number of ketones is 1. The molecule has 0 saturated carbocycles. The van der Waals surface area contributed by atoms with E-state index >= 15 is 0 Å². The Hall–Kier alpha value is -3.19. The van der Waals surface area contributed by atoms with E-state index in [0.717, 1.165) is 19.6 Å². The number of amides is 3. The van der Waals surface area contributed by atoms with Gasteiger partial charge in [0, 0.05) is 44.0 Å². The third-order valence-electron chi connectivity index (χ3n) is 5.18. The van der Waals surface area contributed by atoms with Gasteiger partial charge in [-0.05, 0) is 31.5 Å². The van der Waals surface area contributed by atoms with Gasteiger partial charge in [0.15, 0.2) is 5.78 Å². The summed E-state index contributed by atoms with van der Waals surface area (Å²) in [5.41, 5.74) is 2.32. The first-order chi connectivity index (χ1) is 14.4. The van der Waals surface area contributed by atoms with Crippen molar-refractivity contribution in [2.75, 3.05) is 31.5 Å². The lowest BCUT2D eigenvalue weighted by atomic mass is 10.1. The van der Waals surface area contributed by atoms with Gasteiger partial charge < -0.3 is 15.5 Å². The average Bonchev–Trinajstić information content (AvgIpc) is 2.75. The van der Waals surface area contributed by atoms with Crippen LogP contribution in [0.5, 0.6) is 0 Å². The molecule has 1 heterocycles. The lowest BCUT2D eigenvalue weighted by molar-refractivity contribution is -0.117. The summed E-state index contributed by atoms with van der Waals surface area (Å²) in [6, 6.07) is 16.1. The number of nitrogens with zero attached hydrogens (tertiary/aromatic N) is 2. The third kappa shape index (κ3) is 5.90. The quantitative estimate of drug-likeness (QED) is 0.720. The van der Waals surface area contributed by atoms with E-state index in [2.05, 4.69) is 27.7 Å². The molecule has 2 N–H and O–H groups in total. The molecule has 0 bridgehead atoms. The maximum Gasteiger partial charge on any atom is 0.318 e. The van der Waals surface area contributed by atoms with Crippen LogP contribution in [0.2, 0.25) is 0 Å². The van der Waals surface area contributed by atoms with Crippen LogP contribution in [0.3, 0.4) is 0 Å². The van der Waals surface area contributed by atoms with Gasteiger partial charge >= 0.3 is 6.03 Å². The highest BCUT2D eigenvalue weighted by Crippen LogP contribution is 2.12. The first-order valence-electron chi connectivity index (χ1n) is 10.2. The summed E-state index contributed by atoms with van der Waals surface area (Å²) in [5.74, 6) is -0.398. The second kappa shape index (κ2) is 10.0. The van der Waals surface area contributed by atoms with E-state index < -0.39 is 6.04 Å². The van der Waals surface area contributed by atoms with Gasteiger partial charge in [-0.25, -0.2) is 4.79 Å². The first kappa shape index (κ1) is 21.5. The van der Waals surface area contributed by atoms with E-state index in [-0.39, 0.29) is 17.7 Å². The number of benzene rings is 2. The van der Waals surface area contributed by atoms with Gasteiger partial charge in [0.1, 0.15) is 6.04 Å². The molecule has 7 heteroatoms. The molecule has 1 aliphatic rings. The smallest absolute Gasteiger partial charge is 0.318 e. The van der Waals surface area contributed by atoms with Gasteiger partial charge in [-0.2, -0.15) is 0 Å². The van der Waals surface area contributed by atoms with Gasteiger partial charge in [0.05, 0.1) is 0 Å². The molecule has 7 nitrogen and oxygen atoms in total. The molecule has 1 fully saturated rings. The number of hydrogen-bond acceptors (Lipinski definition) is 4. The molecule has 0 aromatic heterocycles. The van der Waals surface area contributed by atoms with Crippen molar-refractivity contribution in [3.63, 3.8) is 0 Å². The Morgan fingerprint density at radius 3 is 2.33 bits per heavy atom. The molecular formula is C23H28N4O3. The average molecular weight is 409 g/mol. The highest BCUT2D eigenvalue weighted by atomic mass is 16.2. The van der Waals surface area contributed by atoms with Gasteiger partial charge in [-0.1, -0.05) is 42.5 Å². The summed E-state index contributed by atoms with van der Waals surface area (Å²) in [6.45, 7) is 6.81. The number of carbonyl (C=O) groups is 3. The zero-order valence-corrected chi connectivity index (χ0v) is 17.4. The predicted octanol–water partition coefficient (Wildman–Crippen LogP) is 2.74. The normalized spacial score (nSPS) is 15.3. The zero-order valence-electron chi connectivity index (χ0n) is 17.4. The minimum absolute atomic E-state index is 0.0705. The SMILES string of the molecule is CC(=O)c1cccc(NC(=O)[C@H](C)NC(=O)N2CCN(Cc3ccccc3)CC2)c1. The second-order valence-electron chi connectivity index (χ2n) is 7.55. The largest absolute Gasteiger partial charge is 0.326 e. The number of rotatable bonds is 6. The Bertz CT molecular complexity index is 892. The topological polar surface area (TPSA) is 81.8 Å².